The second-order valence-electron chi connectivity index (χ2n) is 4.46. The van der Waals surface area contributed by atoms with Gasteiger partial charge in [-0.15, -0.1) is 0 Å². The molecule has 2 aromatic carbocycles. The summed E-state index contributed by atoms with van der Waals surface area (Å²) in [6, 6.07) is 9.30. The van der Waals surface area contributed by atoms with E-state index in [2.05, 4.69) is 21.2 Å². The van der Waals surface area contributed by atoms with Gasteiger partial charge in [-0.25, -0.2) is 4.39 Å². The van der Waals surface area contributed by atoms with Gasteiger partial charge < -0.3 is 5.32 Å². The van der Waals surface area contributed by atoms with Gasteiger partial charge in [0.25, 0.3) is 5.69 Å². The lowest BCUT2D eigenvalue weighted by molar-refractivity contribution is -0.384. The Kier molecular flexibility index (Phi) is 4.80. The Morgan fingerprint density at radius 1 is 1.33 bits per heavy atom. The fourth-order valence-corrected chi connectivity index (χ4v) is 2.29. The molecule has 0 saturated carbocycles. The highest BCUT2D eigenvalue weighted by Gasteiger charge is 2.19. The SMILES string of the molecule is CC(Nc1cc(F)c(Cl)cc1[N+](=O)[O-])c1ccc(Br)cc1. The highest BCUT2D eigenvalue weighted by atomic mass is 79.9. The summed E-state index contributed by atoms with van der Waals surface area (Å²) in [5, 5.41) is 13.7. The molecule has 1 atom stereocenters. The molecule has 4 nitrogen and oxygen atoms in total. The van der Waals surface area contributed by atoms with Crippen LogP contribution in [0.15, 0.2) is 40.9 Å². The predicted molar refractivity (Wildman–Crippen MR) is 84.2 cm³/mol. The molecule has 0 saturated heterocycles. The highest BCUT2D eigenvalue weighted by molar-refractivity contribution is 9.10. The van der Waals surface area contributed by atoms with Crippen LogP contribution in [0.1, 0.15) is 18.5 Å². The van der Waals surface area contributed by atoms with E-state index in [9.17, 15) is 14.5 Å². The minimum atomic E-state index is -0.701. The first kappa shape index (κ1) is 15.7. The molecule has 0 bridgehead atoms. The molecule has 2 aromatic rings. The van der Waals surface area contributed by atoms with Gasteiger partial charge >= 0.3 is 0 Å². The number of anilines is 1. The molecule has 0 fully saturated rings. The Hall–Kier alpha value is -1.66. The van der Waals surface area contributed by atoms with Crippen LogP contribution in [0.4, 0.5) is 15.8 Å². The van der Waals surface area contributed by atoms with Gasteiger partial charge in [0.05, 0.1) is 9.95 Å². The first-order chi connectivity index (χ1) is 9.88. The Morgan fingerprint density at radius 3 is 2.52 bits per heavy atom. The Bertz CT molecular complexity index is 679. The number of hydrogen-bond acceptors (Lipinski definition) is 3. The maximum atomic E-state index is 13.5. The molecule has 7 heteroatoms. The normalized spacial score (nSPS) is 12.0. The van der Waals surface area contributed by atoms with E-state index in [4.69, 9.17) is 11.6 Å². The zero-order chi connectivity index (χ0) is 15.6. The van der Waals surface area contributed by atoms with Crippen LogP contribution in [0.2, 0.25) is 5.02 Å². The monoisotopic (exact) mass is 372 g/mol. The van der Waals surface area contributed by atoms with E-state index in [1.54, 1.807) is 0 Å². The van der Waals surface area contributed by atoms with E-state index in [0.29, 0.717) is 0 Å². The third kappa shape index (κ3) is 3.71. The molecule has 0 aliphatic heterocycles. The smallest absolute Gasteiger partial charge is 0.294 e. The molecule has 1 unspecified atom stereocenters. The van der Waals surface area contributed by atoms with E-state index in [-0.39, 0.29) is 22.4 Å². The molecule has 0 aliphatic rings. The van der Waals surface area contributed by atoms with Crippen molar-refractivity contribution in [1.82, 2.24) is 0 Å². The summed E-state index contributed by atoms with van der Waals surface area (Å²) in [7, 11) is 0. The van der Waals surface area contributed by atoms with E-state index >= 15 is 0 Å². The number of halogens is 3. The fourth-order valence-electron chi connectivity index (χ4n) is 1.87. The van der Waals surface area contributed by atoms with E-state index in [1.807, 2.05) is 31.2 Å². The lowest BCUT2D eigenvalue weighted by Gasteiger charge is -2.16. The van der Waals surface area contributed by atoms with Gasteiger partial charge in [0.1, 0.15) is 11.5 Å². The first-order valence-electron chi connectivity index (χ1n) is 6.04. The molecule has 0 radical (unpaired) electrons. The van der Waals surface area contributed by atoms with Crippen molar-refractivity contribution in [3.8, 4) is 0 Å². The van der Waals surface area contributed by atoms with Gasteiger partial charge in [0.15, 0.2) is 0 Å². The quantitative estimate of drug-likeness (QED) is 0.582. The molecule has 0 aliphatic carbocycles. The summed E-state index contributed by atoms with van der Waals surface area (Å²) in [5.74, 6) is -0.701. The molecule has 0 spiro atoms. The molecule has 0 heterocycles. The first-order valence-corrected chi connectivity index (χ1v) is 7.21. The molecule has 0 aromatic heterocycles. The average molecular weight is 374 g/mol. The van der Waals surface area contributed by atoms with E-state index < -0.39 is 10.7 Å². The number of nitro benzene ring substituents is 1. The Labute approximate surface area is 134 Å². The lowest BCUT2D eigenvalue weighted by atomic mass is 10.1. The van der Waals surface area contributed by atoms with Gasteiger partial charge in [0, 0.05) is 22.6 Å². The Morgan fingerprint density at radius 2 is 1.95 bits per heavy atom. The van der Waals surface area contributed by atoms with Crippen LogP contribution in [0.3, 0.4) is 0 Å². The standard InChI is InChI=1S/C14H11BrClFN2O2/c1-8(9-2-4-10(15)5-3-9)18-13-7-12(17)11(16)6-14(13)19(20)21/h2-8,18H,1H3. The largest absolute Gasteiger partial charge is 0.373 e. The second-order valence-corrected chi connectivity index (χ2v) is 5.78. The number of benzene rings is 2. The maximum absolute atomic E-state index is 13.5. The average Bonchev–Trinajstić information content (AvgIpc) is 2.43. The molecule has 2 rings (SSSR count). The van der Waals surface area contributed by atoms with Crippen LogP contribution in [0.25, 0.3) is 0 Å². The maximum Gasteiger partial charge on any atom is 0.294 e. The predicted octanol–water partition coefficient (Wildman–Crippen LogP) is 5.32. The van der Waals surface area contributed by atoms with Crippen LogP contribution in [0.5, 0.6) is 0 Å². The van der Waals surface area contributed by atoms with Crippen molar-refractivity contribution < 1.29 is 9.31 Å². The summed E-state index contributed by atoms with van der Waals surface area (Å²) in [6.45, 7) is 1.83. The third-order valence-electron chi connectivity index (χ3n) is 2.98. The fraction of sp³-hybridized carbons (Fsp3) is 0.143. The lowest BCUT2D eigenvalue weighted by Crippen LogP contribution is -2.08. The van der Waals surface area contributed by atoms with Crippen LogP contribution in [0, 0.1) is 15.9 Å². The van der Waals surface area contributed by atoms with Crippen molar-refractivity contribution in [2.75, 3.05) is 5.32 Å². The van der Waals surface area contributed by atoms with Gasteiger partial charge in [-0.2, -0.15) is 0 Å². The van der Waals surface area contributed by atoms with Crippen molar-refractivity contribution in [3.05, 3.63) is 67.4 Å². The summed E-state index contributed by atoms with van der Waals surface area (Å²) in [4.78, 5) is 10.4. The molecule has 110 valence electrons. The van der Waals surface area contributed by atoms with Gasteiger partial charge in [-0.1, -0.05) is 39.7 Å². The summed E-state index contributed by atoms with van der Waals surface area (Å²) in [5.41, 5.74) is 0.755. The second kappa shape index (κ2) is 6.41. The number of hydrogen-bond donors (Lipinski definition) is 1. The summed E-state index contributed by atoms with van der Waals surface area (Å²) >= 11 is 8.92. The van der Waals surface area contributed by atoms with Crippen LogP contribution < -0.4 is 5.32 Å². The van der Waals surface area contributed by atoms with Crippen molar-refractivity contribution >= 4 is 38.9 Å². The summed E-state index contributed by atoms with van der Waals surface area (Å²) < 4.78 is 14.5. The van der Waals surface area contributed by atoms with Crippen LogP contribution in [-0.2, 0) is 0 Å². The van der Waals surface area contributed by atoms with E-state index in [1.165, 1.54) is 0 Å². The van der Waals surface area contributed by atoms with Crippen molar-refractivity contribution in [1.29, 1.82) is 0 Å². The van der Waals surface area contributed by atoms with Crippen LogP contribution in [-0.4, -0.2) is 4.92 Å². The van der Waals surface area contributed by atoms with E-state index in [0.717, 1.165) is 22.2 Å². The third-order valence-corrected chi connectivity index (χ3v) is 3.80. The Balaban J connectivity index is 2.32. The number of nitrogens with one attached hydrogen (secondary N) is 1. The summed E-state index contributed by atoms with van der Waals surface area (Å²) in [6.07, 6.45) is 0. The van der Waals surface area contributed by atoms with Crippen molar-refractivity contribution in [2.45, 2.75) is 13.0 Å². The van der Waals surface area contributed by atoms with Crippen molar-refractivity contribution in [3.63, 3.8) is 0 Å². The van der Waals surface area contributed by atoms with Crippen molar-refractivity contribution in [2.24, 2.45) is 0 Å². The van der Waals surface area contributed by atoms with Gasteiger partial charge in [-0.3, -0.25) is 10.1 Å². The van der Waals surface area contributed by atoms with Gasteiger partial charge in [0.2, 0.25) is 0 Å². The number of nitro groups is 1. The molecular weight excluding hydrogens is 363 g/mol. The molecule has 1 N–H and O–H groups in total. The highest BCUT2D eigenvalue weighted by Crippen LogP contribution is 2.32. The number of rotatable bonds is 4. The van der Waals surface area contributed by atoms with Gasteiger partial charge in [-0.05, 0) is 24.6 Å². The zero-order valence-corrected chi connectivity index (χ0v) is 13.3. The zero-order valence-electron chi connectivity index (χ0n) is 10.9. The topological polar surface area (TPSA) is 55.2 Å². The minimum Gasteiger partial charge on any atom is -0.373 e. The minimum absolute atomic E-state index is 0.0947. The molecule has 0 amide bonds. The molecular formula is C14H11BrClFN2O2. The number of nitrogens with zero attached hydrogens (tertiary/aromatic N) is 1. The molecule has 21 heavy (non-hydrogen) atoms. The van der Waals surface area contributed by atoms with Crippen LogP contribution >= 0.6 is 27.5 Å².